The van der Waals surface area contributed by atoms with Gasteiger partial charge in [-0.25, -0.2) is 4.79 Å². The van der Waals surface area contributed by atoms with Crippen LogP contribution in [0.1, 0.15) is 52.9 Å². The predicted octanol–water partition coefficient (Wildman–Crippen LogP) is 1.90. The fourth-order valence-electron chi connectivity index (χ4n) is 3.76. The molecule has 2 N–H and O–H groups in total. The maximum atomic E-state index is 12.5. The number of carboxylic acid groups (broad SMARTS) is 1. The van der Waals surface area contributed by atoms with Crippen molar-refractivity contribution < 1.29 is 14.7 Å². The zero-order chi connectivity index (χ0) is 16.3. The third-order valence-corrected chi connectivity index (χ3v) is 5.19. The van der Waals surface area contributed by atoms with Crippen molar-refractivity contribution in [3.63, 3.8) is 0 Å². The predicted molar refractivity (Wildman–Crippen MR) is 84.8 cm³/mol. The van der Waals surface area contributed by atoms with Gasteiger partial charge < -0.3 is 15.3 Å². The summed E-state index contributed by atoms with van der Waals surface area (Å²) in [6.45, 7) is 7.05. The Hall–Kier alpha value is -1.30. The summed E-state index contributed by atoms with van der Waals surface area (Å²) < 4.78 is 0. The first-order valence-corrected chi connectivity index (χ1v) is 8.50. The molecule has 0 bridgehead atoms. The highest BCUT2D eigenvalue weighted by atomic mass is 16.4. The lowest BCUT2D eigenvalue weighted by molar-refractivity contribution is -0.139. The number of likely N-dealkylation sites (tertiary alicyclic amines) is 1. The molecular weight excluding hydrogens is 282 g/mol. The van der Waals surface area contributed by atoms with Crippen LogP contribution in [0.15, 0.2) is 0 Å². The Balaban J connectivity index is 1.79. The zero-order valence-electron chi connectivity index (χ0n) is 13.9. The van der Waals surface area contributed by atoms with Gasteiger partial charge in [-0.2, -0.15) is 0 Å². The highest BCUT2D eigenvalue weighted by Gasteiger charge is 2.38. The normalized spacial score (nSPS) is 31.2. The first-order chi connectivity index (χ1) is 10.5. The maximum absolute atomic E-state index is 12.5. The zero-order valence-corrected chi connectivity index (χ0v) is 13.9. The number of rotatable bonds is 6. The van der Waals surface area contributed by atoms with Crippen molar-refractivity contribution in [3.05, 3.63) is 0 Å². The lowest BCUT2D eigenvalue weighted by atomic mass is 9.85. The molecule has 6 nitrogen and oxygen atoms in total. The quantitative estimate of drug-likeness (QED) is 0.786. The smallest absolute Gasteiger partial charge is 0.318 e. The third kappa shape index (κ3) is 3.72. The van der Waals surface area contributed by atoms with Crippen LogP contribution in [0.2, 0.25) is 0 Å². The standard InChI is InChI=1S/C16H29N3O3/c1-4-13-7-6-11(3)19(13)16(22)17-12-8-14(9-12)18(5-2)10-15(20)21/h11-14H,4-10H2,1-3H3,(H,17,22)(H,20,21). The number of aliphatic carboxylic acids is 1. The number of urea groups is 1. The van der Waals surface area contributed by atoms with Crippen LogP contribution in [0.25, 0.3) is 0 Å². The molecule has 2 rings (SSSR count). The SMILES string of the molecule is CCC1CCC(C)N1C(=O)NC1CC(N(CC)CC(=O)O)C1. The minimum absolute atomic E-state index is 0.0570. The molecule has 0 spiro atoms. The molecule has 1 saturated carbocycles. The van der Waals surface area contributed by atoms with Crippen molar-refractivity contribution in [3.8, 4) is 0 Å². The summed E-state index contributed by atoms with van der Waals surface area (Å²) in [6, 6.07) is 1.21. The number of carbonyl (C=O) groups excluding carboxylic acids is 1. The Morgan fingerprint density at radius 2 is 1.95 bits per heavy atom. The second kappa shape index (κ2) is 7.31. The summed E-state index contributed by atoms with van der Waals surface area (Å²) >= 11 is 0. The largest absolute Gasteiger partial charge is 0.480 e. The van der Waals surface area contributed by atoms with Crippen molar-refractivity contribution in [2.75, 3.05) is 13.1 Å². The second-order valence-electron chi connectivity index (χ2n) is 6.62. The Morgan fingerprint density at radius 3 is 2.50 bits per heavy atom. The molecule has 0 radical (unpaired) electrons. The first-order valence-electron chi connectivity index (χ1n) is 8.50. The minimum Gasteiger partial charge on any atom is -0.480 e. The first kappa shape index (κ1) is 17.1. The molecule has 1 aliphatic heterocycles. The molecule has 0 aromatic heterocycles. The number of hydrogen-bond acceptors (Lipinski definition) is 3. The van der Waals surface area contributed by atoms with Crippen LogP contribution in [0, 0.1) is 0 Å². The molecule has 2 aliphatic rings. The Morgan fingerprint density at radius 1 is 1.27 bits per heavy atom. The van der Waals surface area contributed by atoms with Gasteiger partial charge >= 0.3 is 12.0 Å². The molecule has 0 aromatic carbocycles. The number of amides is 2. The van der Waals surface area contributed by atoms with E-state index in [0.717, 1.165) is 38.6 Å². The molecule has 1 saturated heterocycles. The Bertz CT molecular complexity index is 409. The third-order valence-electron chi connectivity index (χ3n) is 5.19. The highest BCUT2D eigenvalue weighted by molar-refractivity contribution is 5.75. The fraction of sp³-hybridized carbons (Fsp3) is 0.875. The summed E-state index contributed by atoms with van der Waals surface area (Å²) in [6.07, 6.45) is 4.90. The van der Waals surface area contributed by atoms with Gasteiger partial charge in [0.05, 0.1) is 6.54 Å². The van der Waals surface area contributed by atoms with Crippen molar-refractivity contribution in [2.45, 2.75) is 77.0 Å². The van der Waals surface area contributed by atoms with E-state index in [-0.39, 0.29) is 24.7 Å². The highest BCUT2D eigenvalue weighted by Crippen LogP contribution is 2.29. The number of hydrogen-bond donors (Lipinski definition) is 2. The molecule has 1 heterocycles. The molecule has 22 heavy (non-hydrogen) atoms. The van der Waals surface area contributed by atoms with Crippen LogP contribution in [-0.2, 0) is 4.79 Å². The lowest BCUT2D eigenvalue weighted by Crippen LogP contribution is -2.58. The minimum atomic E-state index is -0.786. The van der Waals surface area contributed by atoms with Gasteiger partial charge in [0.2, 0.25) is 0 Å². The summed E-state index contributed by atoms with van der Waals surface area (Å²) in [5.41, 5.74) is 0. The molecule has 2 fully saturated rings. The van der Waals surface area contributed by atoms with Crippen molar-refractivity contribution >= 4 is 12.0 Å². The molecular formula is C16H29N3O3. The van der Waals surface area contributed by atoms with Crippen LogP contribution >= 0.6 is 0 Å². The van der Waals surface area contributed by atoms with Gasteiger partial charge in [-0.1, -0.05) is 13.8 Å². The maximum Gasteiger partial charge on any atom is 0.318 e. The summed E-state index contributed by atoms with van der Waals surface area (Å²) in [5.74, 6) is -0.786. The Kier molecular flexibility index (Phi) is 5.67. The van der Waals surface area contributed by atoms with Gasteiger partial charge in [0.1, 0.15) is 0 Å². The molecule has 2 unspecified atom stereocenters. The van der Waals surface area contributed by atoms with E-state index >= 15 is 0 Å². The molecule has 2 amide bonds. The topological polar surface area (TPSA) is 72.9 Å². The van der Waals surface area contributed by atoms with E-state index in [1.165, 1.54) is 0 Å². The van der Waals surface area contributed by atoms with Crippen LogP contribution in [0.4, 0.5) is 4.79 Å². The van der Waals surface area contributed by atoms with Gasteiger partial charge in [-0.3, -0.25) is 9.69 Å². The Labute approximate surface area is 132 Å². The van der Waals surface area contributed by atoms with E-state index in [2.05, 4.69) is 19.2 Å². The lowest BCUT2D eigenvalue weighted by Gasteiger charge is -2.43. The number of carboxylic acids is 1. The summed E-state index contributed by atoms with van der Waals surface area (Å²) in [7, 11) is 0. The van der Waals surface area contributed by atoms with Crippen LogP contribution in [0.5, 0.6) is 0 Å². The van der Waals surface area contributed by atoms with E-state index in [9.17, 15) is 9.59 Å². The van der Waals surface area contributed by atoms with Crippen LogP contribution in [0.3, 0.4) is 0 Å². The average Bonchev–Trinajstić information content (AvgIpc) is 2.80. The van der Waals surface area contributed by atoms with Gasteiger partial charge in [-0.15, -0.1) is 0 Å². The van der Waals surface area contributed by atoms with E-state index < -0.39 is 5.97 Å². The fourth-order valence-corrected chi connectivity index (χ4v) is 3.76. The van der Waals surface area contributed by atoms with Gasteiger partial charge in [0.25, 0.3) is 0 Å². The van der Waals surface area contributed by atoms with Gasteiger partial charge in [-0.05, 0) is 45.6 Å². The van der Waals surface area contributed by atoms with Crippen molar-refractivity contribution in [1.29, 1.82) is 0 Å². The molecule has 1 aliphatic carbocycles. The van der Waals surface area contributed by atoms with Crippen molar-refractivity contribution in [1.82, 2.24) is 15.1 Å². The number of nitrogens with one attached hydrogen (secondary N) is 1. The summed E-state index contributed by atoms with van der Waals surface area (Å²) in [5, 5.41) is 12.0. The van der Waals surface area contributed by atoms with E-state index in [0.29, 0.717) is 12.1 Å². The number of likely N-dealkylation sites (N-methyl/N-ethyl adjacent to an activating group) is 1. The molecule has 0 aromatic rings. The molecule has 2 atom stereocenters. The molecule has 126 valence electrons. The second-order valence-corrected chi connectivity index (χ2v) is 6.62. The van der Waals surface area contributed by atoms with Gasteiger partial charge in [0, 0.05) is 24.2 Å². The average molecular weight is 311 g/mol. The molecule has 6 heteroatoms. The van der Waals surface area contributed by atoms with Crippen molar-refractivity contribution in [2.24, 2.45) is 0 Å². The van der Waals surface area contributed by atoms with Crippen LogP contribution < -0.4 is 5.32 Å². The monoisotopic (exact) mass is 311 g/mol. The summed E-state index contributed by atoms with van der Waals surface area (Å²) in [4.78, 5) is 27.3. The van der Waals surface area contributed by atoms with E-state index in [1.807, 2.05) is 16.7 Å². The number of carbonyl (C=O) groups is 2. The van der Waals surface area contributed by atoms with Crippen LogP contribution in [-0.4, -0.2) is 64.2 Å². The number of nitrogens with zero attached hydrogens (tertiary/aromatic N) is 2. The van der Waals surface area contributed by atoms with E-state index in [1.54, 1.807) is 0 Å². The van der Waals surface area contributed by atoms with E-state index in [4.69, 9.17) is 5.11 Å². The van der Waals surface area contributed by atoms with Gasteiger partial charge in [0.15, 0.2) is 0 Å².